The molecule has 1 aliphatic rings. The van der Waals surface area contributed by atoms with Crippen LogP contribution >= 0.6 is 7.60 Å². The Bertz CT molecular complexity index is 280. The Morgan fingerprint density at radius 2 is 1.93 bits per heavy atom. The lowest BCUT2D eigenvalue weighted by Crippen LogP contribution is -2.26. The zero-order chi connectivity index (χ0) is 11.5. The van der Waals surface area contributed by atoms with Crippen LogP contribution in [0.3, 0.4) is 0 Å². The summed E-state index contributed by atoms with van der Waals surface area (Å²) in [4.78, 5) is 11.1. The maximum absolute atomic E-state index is 12.4. The second-order valence-corrected chi connectivity index (χ2v) is 5.94. The van der Waals surface area contributed by atoms with Gasteiger partial charge in [0.25, 0.3) is 0 Å². The molecule has 1 fully saturated rings. The molecule has 1 atom stereocenters. The Morgan fingerprint density at radius 3 is 2.27 bits per heavy atom. The molecule has 0 aliphatic carbocycles. The minimum atomic E-state index is -3.36. The van der Waals surface area contributed by atoms with Crippen molar-refractivity contribution >= 4 is 13.6 Å². The molecule has 1 saturated heterocycles. The summed E-state index contributed by atoms with van der Waals surface area (Å²) in [5.74, 6) is -0.350. The van der Waals surface area contributed by atoms with Crippen LogP contribution in [0.5, 0.6) is 0 Å². The molecule has 0 bridgehead atoms. The van der Waals surface area contributed by atoms with Crippen molar-refractivity contribution in [3.8, 4) is 0 Å². The average Bonchev–Trinajstić information content (AvgIpc) is 2.49. The molecule has 0 N–H and O–H groups in total. The van der Waals surface area contributed by atoms with E-state index in [1.807, 2.05) is 0 Å². The van der Waals surface area contributed by atoms with Gasteiger partial charge in [0.1, 0.15) is 0 Å². The number of esters is 1. The Kier molecular flexibility index (Phi) is 3.93. The molecular weight excluding hydrogens is 219 g/mol. The number of hydrogen-bond acceptors (Lipinski definition) is 5. The van der Waals surface area contributed by atoms with E-state index in [2.05, 4.69) is 0 Å². The quantitative estimate of drug-likeness (QED) is 0.541. The Labute approximate surface area is 89.6 Å². The summed E-state index contributed by atoms with van der Waals surface area (Å²) in [5.41, 5.74) is 0. The molecule has 0 saturated carbocycles. The van der Waals surface area contributed by atoms with Gasteiger partial charge in [-0.25, -0.2) is 0 Å². The van der Waals surface area contributed by atoms with E-state index in [1.165, 1.54) is 0 Å². The third-order valence-electron chi connectivity index (χ3n) is 2.30. The molecular formula is C9H17O5P. The number of rotatable bonds is 5. The van der Waals surface area contributed by atoms with Crippen LogP contribution in [0.1, 0.15) is 33.6 Å². The summed E-state index contributed by atoms with van der Waals surface area (Å²) in [6, 6.07) is 0. The van der Waals surface area contributed by atoms with E-state index < -0.39 is 12.9 Å². The molecule has 0 radical (unpaired) electrons. The van der Waals surface area contributed by atoms with Gasteiger partial charge in [0.15, 0.2) is 0 Å². The highest BCUT2D eigenvalue weighted by Gasteiger charge is 2.53. The highest BCUT2D eigenvalue weighted by atomic mass is 31.2. The summed E-state index contributed by atoms with van der Waals surface area (Å²) in [5, 5.41) is -1.11. The number of carbonyl (C=O) groups excluding carboxylic acids is 1. The lowest BCUT2D eigenvalue weighted by atomic mass is 10.2. The van der Waals surface area contributed by atoms with Crippen molar-refractivity contribution in [1.82, 2.24) is 0 Å². The van der Waals surface area contributed by atoms with Crippen molar-refractivity contribution in [3.63, 3.8) is 0 Å². The molecule has 1 heterocycles. The van der Waals surface area contributed by atoms with E-state index in [4.69, 9.17) is 13.8 Å². The second kappa shape index (κ2) is 4.64. The fourth-order valence-electron chi connectivity index (χ4n) is 1.52. The first-order valence-electron chi connectivity index (χ1n) is 5.08. The summed E-state index contributed by atoms with van der Waals surface area (Å²) in [6.45, 7) is 5.59. The van der Waals surface area contributed by atoms with Crippen LogP contribution in [0.15, 0.2) is 0 Å². The van der Waals surface area contributed by atoms with Gasteiger partial charge in [0.05, 0.1) is 13.2 Å². The first-order chi connectivity index (χ1) is 6.97. The van der Waals surface area contributed by atoms with Gasteiger partial charge >= 0.3 is 13.6 Å². The van der Waals surface area contributed by atoms with Crippen molar-refractivity contribution in [1.29, 1.82) is 0 Å². The molecule has 6 heteroatoms. The van der Waals surface area contributed by atoms with E-state index in [9.17, 15) is 9.36 Å². The number of ether oxygens (including phenoxy) is 1. The molecule has 5 nitrogen and oxygen atoms in total. The zero-order valence-electron chi connectivity index (χ0n) is 9.32. The molecule has 88 valence electrons. The van der Waals surface area contributed by atoms with Gasteiger partial charge in [-0.2, -0.15) is 0 Å². The maximum atomic E-state index is 12.4. The lowest BCUT2D eigenvalue weighted by molar-refractivity contribution is -0.143. The smallest absolute Gasteiger partial charge is 0.373 e. The van der Waals surface area contributed by atoms with E-state index in [0.717, 1.165) is 0 Å². The molecule has 0 aromatic rings. The second-order valence-electron chi connectivity index (χ2n) is 3.48. The Balaban J connectivity index is 2.88. The van der Waals surface area contributed by atoms with Crippen LogP contribution in [-0.4, -0.2) is 24.5 Å². The summed E-state index contributed by atoms with van der Waals surface area (Å²) >= 11 is 0. The summed E-state index contributed by atoms with van der Waals surface area (Å²) < 4.78 is 27.8. The highest BCUT2D eigenvalue weighted by molar-refractivity contribution is 7.55. The van der Waals surface area contributed by atoms with Crippen LogP contribution in [0.4, 0.5) is 0 Å². The van der Waals surface area contributed by atoms with Crippen molar-refractivity contribution in [3.05, 3.63) is 0 Å². The Hall–Kier alpha value is -0.380. The van der Waals surface area contributed by atoms with Gasteiger partial charge in [-0.15, -0.1) is 0 Å². The zero-order valence-corrected chi connectivity index (χ0v) is 10.2. The van der Waals surface area contributed by atoms with Crippen LogP contribution in [0.25, 0.3) is 0 Å². The molecule has 0 amide bonds. The van der Waals surface area contributed by atoms with Gasteiger partial charge in [-0.05, 0) is 20.8 Å². The molecule has 0 aromatic carbocycles. The first-order valence-corrected chi connectivity index (χ1v) is 6.63. The molecule has 0 aromatic heterocycles. The minimum Gasteiger partial charge on any atom is -0.446 e. The van der Waals surface area contributed by atoms with Crippen LogP contribution in [-0.2, 0) is 23.1 Å². The van der Waals surface area contributed by atoms with Crippen molar-refractivity contribution in [2.75, 3.05) is 13.2 Å². The van der Waals surface area contributed by atoms with Gasteiger partial charge in [-0.1, -0.05) is 0 Å². The van der Waals surface area contributed by atoms with Gasteiger partial charge in [0, 0.05) is 12.8 Å². The van der Waals surface area contributed by atoms with E-state index >= 15 is 0 Å². The topological polar surface area (TPSA) is 61.8 Å². The largest absolute Gasteiger partial charge is 0.446 e. The SMILES string of the molecule is CCOP(=O)(OCC)[C@]1(C)CCC(=O)O1. The number of cyclic esters (lactones) is 1. The van der Waals surface area contributed by atoms with Crippen molar-refractivity contribution < 1.29 is 23.1 Å². The predicted molar refractivity (Wildman–Crippen MR) is 54.6 cm³/mol. The standard InChI is InChI=1S/C9H17O5P/c1-4-12-15(11,13-5-2)9(3)7-6-8(10)14-9/h4-7H2,1-3H3/t9-/m1/s1. The molecule has 0 unspecified atom stereocenters. The van der Waals surface area contributed by atoms with Crippen LogP contribution in [0.2, 0.25) is 0 Å². The fourth-order valence-corrected chi connectivity index (χ4v) is 3.42. The molecule has 1 aliphatic heterocycles. The predicted octanol–water partition coefficient (Wildman–Crippen LogP) is 2.31. The minimum absolute atomic E-state index is 0.265. The molecule has 15 heavy (non-hydrogen) atoms. The monoisotopic (exact) mass is 236 g/mol. The van der Waals surface area contributed by atoms with Gasteiger partial charge < -0.3 is 13.8 Å². The fraction of sp³-hybridized carbons (Fsp3) is 0.889. The lowest BCUT2D eigenvalue weighted by Gasteiger charge is -2.30. The first kappa shape index (κ1) is 12.7. The highest BCUT2D eigenvalue weighted by Crippen LogP contribution is 2.63. The average molecular weight is 236 g/mol. The van der Waals surface area contributed by atoms with E-state index in [0.29, 0.717) is 6.42 Å². The summed E-state index contributed by atoms with van der Waals surface area (Å²) in [6.07, 6.45) is 0.643. The molecule has 1 rings (SSSR count). The van der Waals surface area contributed by atoms with Crippen molar-refractivity contribution in [2.45, 2.75) is 39.0 Å². The van der Waals surface area contributed by atoms with E-state index in [1.54, 1.807) is 20.8 Å². The van der Waals surface area contributed by atoms with Crippen molar-refractivity contribution in [2.24, 2.45) is 0 Å². The maximum Gasteiger partial charge on any atom is 0.373 e. The summed E-state index contributed by atoms with van der Waals surface area (Å²) in [7, 11) is -3.36. The number of hydrogen-bond donors (Lipinski definition) is 0. The Morgan fingerprint density at radius 1 is 1.40 bits per heavy atom. The molecule has 0 spiro atoms. The van der Waals surface area contributed by atoms with Crippen LogP contribution in [0, 0.1) is 0 Å². The van der Waals surface area contributed by atoms with E-state index in [-0.39, 0.29) is 25.6 Å². The number of carbonyl (C=O) groups is 1. The third-order valence-corrected chi connectivity index (χ3v) is 4.97. The van der Waals surface area contributed by atoms with Gasteiger partial charge in [-0.3, -0.25) is 9.36 Å². The third kappa shape index (κ3) is 2.41. The van der Waals surface area contributed by atoms with Crippen LogP contribution < -0.4 is 0 Å². The normalized spacial score (nSPS) is 26.7. The van der Waals surface area contributed by atoms with Gasteiger partial charge in [0.2, 0.25) is 5.34 Å².